The maximum absolute atomic E-state index is 6.08. The van der Waals surface area contributed by atoms with Crippen LogP contribution in [0.1, 0.15) is 19.3 Å². The zero-order valence-electron chi connectivity index (χ0n) is 10.5. The van der Waals surface area contributed by atoms with Crippen LogP contribution < -0.4 is 0 Å². The first-order chi connectivity index (χ1) is 8.73. The van der Waals surface area contributed by atoms with Gasteiger partial charge in [0.1, 0.15) is 0 Å². The Morgan fingerprint density at radius 1 is 0.889 bits per heavy atom. The average molecular weight is 292 g/mol. The molecule has 1 aliphatic carbocycles. The van der Waals surface area contributed by atoms with E-state index >= 15 is 0 Å². The zero-order chi connectivity index (χ0) is 12.2. The van der Waals surface area contributed by atoms with E-state index in [1.54, 1.807) is 0 Å². The van der Waals surface area contributed by atoms with Gasteiger partial charge in [0.15, 0.2) is 8.38 Å². The molecule has 1 unspecified atom stereocenters. The van der Waals surface area contributed by atoms with E-state index in [1.165, 1.54) is 6.42 Å². The van der Waals surface area contributed by atoms with Crippen molar-refractivity contribution < 1.29 is 22.6 Å². The summed E-state index contributed by atoms with van der Waals surface area (Å²) in [5.74, 6) is 0. The summed E-state index contributed by atoms with van der Waals surface area (Å²) in [6.45, 7) is 5.12. The summed E-state index contributed by atoms with van der Waals surface area (Å²) in [6, 6.07) is 0. The van der Waals surface area contributed by atoms with Crippen LogP contribution in [0.15, 0.2) is 0 Å². The minimum Gasteiger partial charge on any atom is -0.333 e. The first-order valence-electron chi connectivity index (χ1n) is 6.45. The van der Waals surface area contributed by atoms with E-state index < -0.39 is 17.0 Å². The Balaban J connectivity index is 1.64. The van der Waals surface area contributed by atoms with Crippen molar-refractivity contribution in [3.8, 4) is 0 Å². The zero-order valence-corrected chi connectivity index (χ0v) is 12.3. The molecule has 1 saturated carbocycles. The highest BCUT2D eigenvalue weighted by atomic mass is 31.2. The Morgan fingerprint density at radius 3 is 2.06 bits per heavy atom. The Bertz CT molecular complexity index is 331. The second-order valence-corrected chi connectivity index (χ2v) is 8.39. The molecule has 7 heteroatoms. The van der Waals surface area contributed by atoms with Gasteiger partial charge in [-0.25, -0.2) is 0 Å². The minimum absolute atomic E-state index is 0.0290. The molecule has 2 spiro atoms. The third kappa shape index (κ3) is 1.73. The van der Waals surface area contributed by atoms with E-state index in [2.05, 4.69) is 0 Å². The van der Waals surface area contributed by atoms with E-state index in [0.717, 1.165) is 39.3 Å². The molecule has 0 aromatic heterocycles. The fourth-order valence-corrected chi connectivity index (χ4v) is 6.12. The maximum Gasteiger partial charge on any atom is 0.333 e. The molecule has 4 aliphatic heterocycles. The third-order valence-electron chi connectivity index (χ3n) is 4.64. The minimum atomic E-state index is -1.12. The van der Waals surface area contributed by atoms with E-state index in [4.69, 9.17) is 22.6 Å². The second kappa shape index (κ2) is 4.33. The predicted octanol–water partition coefficient (Wildman–Crippen LogP) is 2.80. The molecular formula is C11H18O5P2. The normalized spacial score (nSPS) is 55.5. The van der Waals surface area contributed by atoms with Crippen LogP contribution in [-0.4, -0.2) is 39.2 Å². The van der Waals surface area contributed by atoms with Gasteiger partial charge >= 0.3 is 8.60 Å². The molecule has 0 aromatic carbocycles. The lowest BCUT2D eigenvalue weighted by Gasteiger charge is -2.60. The molecule has 102 valence electrons. The molecule has 4 heterocycles. The molecule has 0 aromatic rings. The number of hydrogen-bond donors (Lipinski definition) is 0. The van der Waals surface area contributed by atoms with Crippen LogP contribution in [-0.2, 0) is 22.6 Å². The first-order valence-corrected chi connectivity index (χ1v) is 9.17. The summed E-state index contributed by atoms with van der Waals surface area (Å²) in [4.78, 5) is 0. The van der Waals surface area contributed by atoms with Crippen molar-refractivity contribution >= 4 is 17.0 Å². The largest absolute Gasteiger partial charge is 0.333 e. The molecule has 4 saturated heterocycles. The maximum atomic E-state index is 6.08. The van der Waals surface area contributed by atoms with Crippen molar-refractivity contribution in [2.24, 2.45) is 10.8 Å². The highest BCUT2D eigenvalue weighted by molar-refractivity contribution is 7.46. The molecule has 0 radical (unpaired) electrons. The average Bonchev–Trinajstić information content (AvgIpc) is 2.43. The summed E-state index contributed by atoms with van der Waals surface area (Å²) in [5, 5.41) is 0. The molecule has 5 nitrogen and oxygen atoms in total. The van der Waals surface area contributed by atoms with Crippen LogP contribution in [0.25, 0.3) is 0 Å². The number of rotatable bonds is 0. The molecule has 0 amide bonds. The first kappa shape index (κ1) is 12.4. The summed E-state index contributed by atoms with van der Waals surface area (Å²) in [5.41, 5.74) is 0.0666. The fourth-order valence-electron chi connectivity index (χ4n) is 3.63. The van der Waals surface area contributed by atoms with Crippen LogP contribution in [0.5, 0.6) is 0 Å². The third-order valence-corrected chi connectivity index (χ3v) is 6.68. The lowest BCUT2D eigenvalue weighted by molar-refractivity contribution is -0.210. The predicted molar refractivity (Wildman–Crippen MR) is 67.2 cm³/mol. The van der Waals surface area contributed by atoms with Crippen molar-refractivity contribution in [3.05, 3.63) is 0 Å². The molecule has 5 rings (SSSR count). The van der Waals surface area contributed by atoms with E-state index in [0.29, 0.717) is 0 Å². The summed E-state index contributed by atoms with van der Waals surface area (Å²) in [6.07, 6.45) is 3.63. The smallest absolute Gasteiger partial charge is 0.333 e. The number of fused-ring (bicyclic) bond motifs is 2. The van der Waals surface area contributed by atoms with Gasteiger partial charge in [-0.15, -0.1) is 0 Å². The summed E-state index contributed by atoms with van der Waals surface area (Å²) in [7, 11) is -1.81. The van der Waals surface area contributed by atoms with Gasteiger partial charge in [0, 0.05) is 17.5 Å². The number of hydrogen-bond acceptors (Lipinski definition) is 5. The van der Waals surface area contributed by atoms with Crippen LogP contribution in [0, 0.1) is 10.8 Å². The van der Waals surface area contributed by atoms with Crippen LogP contribution in [0.4, 0.5) is 0 Å². The highest BCUT2D eigenvalue weighted by Crippen LogP contribution is 2.65. The Kier molecular flexibility index (Phi) is 2.98. The Hall–Kier alpha value is 0.660. The SMILES string of the molecule is CP1OCC2(CCCC34COP(OC3)OC24)CO1. The quantitative estimate of drug-likeness (QED) is 0.642. The van der Waals surface area contributed by atoms with E-state index in [-0.39, 0.29) is 16.9 Å². The van der Waals surface area contributed by atoms with Crippen molar-refractivity contribution in [1.82, 2.24) is 0 Å². The van der Waals surface area contributed by atoms with Crippen LogP contribution >= 0.6 is 17.0 Å². The van der Waals surface area contributed by atoms with E-state index in [1.807, 2.05) is 6.66 Å². The molecule has 1 atom stereocenters. The lowest BCUT2D eigenvalue weighted by Crippen LogP contribution is -2.63. The molecule has 5 aliphatic rings. The van der Waals surface area contributed by atoms with Gasteiger partial charge < -0.3 is 22.6 Å². The molecule has 5 fully saturated rings. The van der Waals surface area contributed by atoms with Crippen molar-refractivity contribution in [2.75, 3.05) is 33.1 Å². The van der Waals surface area contributed by atoms with Gasteiger partial charge in [0.05, 0.1) is 32.5 Å². The van der Waals surface area contributed by atoms with Crippen molar-refractivity contribution in [3.63, 3.8) is 0 Å². The van der Waals surface area contributed by atoms with Gasteiger partial charge in [0.2, 0.25) is 0 Å². The van der Waals surface area contributed by atoms with Gasteiger partial charge in [-0.1, -0.05) is 6.42 Å². The summed E-state index contributed by atoms with van der Waals surface area (Å²) < 4.78 is 29.0. The molecule has 2 bridgehead atoms. The van der Waals surface area contributed by atoms with Crippen molar-refractivity contribution in [2.45, 2.75) is 25.4 Å². The molecular weight excluding hydrogens is 274 g/mol. The standard InChI is InChI=1S/C11H18O5P2/c1-17-12-5-10(6-13-17)3-2-4-11-7-14-18(15-8-11)16-9(10)11/h9H,2-8H2,1H3. The van der Waals surface area contributed by atoms with Crippen LogP contribution in [0.3, 0.4) is 0 Å². The Morgan fingerprint density at radius 2 is 1.44 bits per heavy atom. The highest BCUT2D eigenvalue weighted by Gasteiger charge is 2.62. The van der Waals surface area contributed by atoms with E-state index in [9.17, 15) is 0 Å². The van der Waals surface area contributed by atoms with Crippen molar-refractivity contribution in [1.29, 1.82) is 0 Å². The summed E-state index contributed by atoms with van der Waals surface area (Å²) >= 11 is 0. The second-order valence-electron chi connectivity index (χ2n) is 5.82. The van der Waals surface area contributed by atoms with Gasteiger partial charge in [-0.05, 0) is 12.8 Å². The molecule has 18 heavy (non-hydrogen) atoms. The fraction of sp³-hybridized carbons (Fsp3) is 1.00. The van der Waals surface area contributed by atoms with Gasteiger partial charge in [0.25, 0.3) is 0 Å². The Labute approximate surface area is 109 Å². The lowest BCUT2D eigenvalue weighted by atomic mass is 9.60. The molecule has 0 N–H and O–H groups in total. The van der Waals surface area contributed by atoms with Gasteiger partial charge in [-0.3, -0.25) is 0 Å². The monoisotopic (exact) mass is 292 g/mol. The van der Waals surface area contributed by atoms with Crippen LogP contribution in [0.2, 0.25) is 0 Å². The van der Waals surface area contributed by atoms with Gasteiger partial charge in [-0.2, -0.15) is 0 Å². The topological polar surface area (TPSA) is 46.2 Å².